The Morgan fingerprint density at radius 1 is 1.07 bits per heavy atom. The normalized spacial score (nSPS) is 13.0. The molecule has 0 atom stereocenters. The predicted octanol–water partition coefficient (Wildman–Crippen LogP) is 3.01. The number of benzene rings is 2. The second-order valence-electron chi connectivity index (χ2n) is 6.09. The van der Waals surface area contributed by atoms with Crippen LogP contribution in [0.25, 0.3) is 0 Å². The molecule has 144 valence electrons. The zero-order valence-electron chi connectivity index (χ0n) is 15.5. The quantitative estimate of drug-likeness (QED) is 0.820. The third kappa shape index (κ3) is 3.77. The van der Waals surface area contributed by atoms with Crippen LogP contribution < -0.4 is 14.8 Å². The molecule has 1 N–H and O–H groups in total. The first kappa shape index (κ1) is 19.2. The standard InChI is InChI=1S/C19H22N2O5S/c1-4-21(5-2)27(23,24)15-8-6-13(3)16(11-15)19(22)20-14-7-9-17-18(10-14)26-12-25-17/h6-11H,4-5,12H2,1-3H3,(H,20,22). The number of sulfonamides is 1. The summed E-state index contributed by atoms with van der Waals surface area (Å²) in [6.45, 7) is 6.21. The van der Waals surface area contributed by atoms with Crippen molar-refractivity contribution in [3.8, 4) is 11.5 Å². The maximum Gasteiger partial charge on any atom is 0.255 e. The Bertz CT molecular complexity index is 968. The maximum atomic E-state index is 12.7. The van der Waals surface area contributed by atoms with Crippen molar-refractivity contribution in [1.82, 2.24) is 4.31 Å². The van der Waals surface area contributed by atoms with Gasteiger partial charge in [-0.3, -0.25) is 4.79 Å². The van der Waals surface area contributed by atoms with Crippen molar-refractivity contribution in [2.24, 2.45) is 0 Å². The van der Waals surface area contributed by atoms with Crippen molar-refractivity contribution < 1.29 is 22.7 Å². The molecule has 0 saturated carbocycles. The average molecular weight is 390 g/mol. The third-order valence-corrected chi connectivity index (χ3v) is 6.47. The van der Waals surface area contributed by atoms with Gasteiger partial charge in [-0.1, -0.05) is 19.9 Å². The van der Waals surface area contributed by atoms with Crippen LogP contribution in [-0.4, -0.2) is 38.5 Å². The zero-order valence-corrected chi connectivity index (χ0v) is 16.3. The van der Waals surface area contributed by atoms with Crippen molar-refractivity contribution in [2.75, 3.05) is 25.2 Å². The molecule has 0 unspecified atom stereocenters. The van der Waals surface area contributed by atoms with Gasteiger partial charge in [-0.05, 0) is 36.8 Å². The second kappa shape index (κ2) is 7.58. The van der Waals surface area contributed by atoms with E-state index in [1.807, 2.05) is 0 Å². The number of hydrogen-bond donors (Lipinski definition) is 1. The van der Waals surface area contributed by atoms with Gasteiger partial charge in [-0.2, -0.15) is 4.31 Å². The number of rotatable bonds is 6. The lowest BCUT2D eigenvalue weighted by atomic mass is 10.1. The summed E-state index contributed by atoms with van der Waals surface area (Å²) in [5.41, 5.74) is 1.54. The van der Waals surface area contributed by atoms with Crippen molar-refractivity contribution in [2.45, 2.75) is 25.7 Å². The minimum Gasteiger partial charge on any atom is -0.454 e. The SMILES string of the molecule is CCN(CC)S(=O)(=O)c1ccc(C)c(C(=O)Nc2ccc3c(c2)OCO3)c1. The predicted molar refractivity (Wildman–Crippen MR) is 102 cm³/mol. The van der Waals surface area contributed by atoms with Gasteiger partial charge in [0.1, 0.15) is 0 Å². The summed E-state index contributed by atoms with van der Waals surface area (Å²) in [6.07, 6.45) is 0. The van der Waals surface area contributed by atoms with E-state index in [9.17, 15) is 13.2 Å². The van der Waals surface area contributed by atoms with Crippen molar-refractivity contribution in [3.63, 3.8) is 0 Å². The van der Waals surface area contributed by atoms with Gasteiger partial charge in [0.25, 0.3) is 5.91 Å². The molecule has 2 aromatic rings. The Kier molecular flexibility index (Phi) is 5.38. The van der Waals surface area contributed by atoms with E-state index in [1.165, 1.54) is 16.4 Å². The Balaban J connectivity index is 1.89. The number of carbonyl (C=O) groups is 1. The van der Waals surface area contributed by atoms with Crippen LogP contribution in [0.3, 0.4) is 0 Å². The summed E-state index contributed by atoms with van der Waals surface area (Å²) < 4.78 is 37.4. The summed E-state index contributed by atoms with van der Waals surface area (Å²) in [5, 5.41) is 2.78. The first-order chi connectivity index (χ1) is 12.9. The molecule has 1 heterocycles. The summed E-state index contributed by atoms with van der Waals surface area (Å²) >= 11 is 0. The van der Waals surface area contributed by atoms with Gasteiger partial charge in [0, 0.05) is 30.4 Å². The number of nitrogens with one attached hydrogen (secondary N) is 1. The van der Waals surface area contributed by atoms with Gasteiger partial charge < -0.3 is 14.8 Å². The Morgan fingerprint density at radius 3 is 2.48 bits per heavy atom. The first-order valence-corrected chi connectivity index (χ1v) is 10.1. The van der Waals surface area contributed by atoms with Crippen molar-refractivity contribution in [3.05, 3.63) is 47.5 Å². The molecule has 0 spiro atoms. The van der Waals surface area contributed by atoms with Gasteiger partial charge >= 0.3 is 0 Å². The number of fused-ring (bicyclic) bond motifs is 1. The Hall–Kier alpha value is -2.58. The number of aryl methyl sites for hydroxylation is 1. The lowest BCUT2D eigenvalue weighted by Gasteiger charge is -2.19. The highest BCUT2D eigenvalue weighted by Crippen LogP contribution is 2.34. The fourth-order valence-corrected chi connectivity index (χ4v) is 4.38. The number of carbonyl (C=O) groups excluding carboxylic acids is 1. The molecule has 7 nitrogen and oxygen atoms in total. The summed E-state index contributed by atoms with van der Waals surface area (Å²) in [4.78, 5) is 12.8. The highest BCUT2D eigenvalue weighted by molar-refractivity contribution is 7.89. The molecule has 0 aromatic heterocycles. The number of amides is 1. The summed E-state index contributed by atoms with van der Waals surface area (Å²) in [6, 6.07) is 9.69. The van der Waals surface area contributed by atoms with Gasteiger partial charge in [0.05, 0.1) is 4.90 Å². The smallest absolute Gasteiger partial charge is 0.255 e. The van der Waals surface area contributed by atoms with E-state index in [4.69, 9.17) is 9.47 Å². The average Bonchev–Trinajstić information content (AvgIpc) is 3.10. The Morgan fingerprint density at radius 2 is 1.78 bits per heavy atom. The van der Waals surface area contributed by atoms with Crippen LogP contribution in [0.4, 0.5) is 5.69 Å². The van der Waals surface area contributed by atoms with Crippen LogP contribution in [0.5, 0.6) is 11.5 Å². The highest BCUT2D eigenvalue weighted by atomic mass is 32.2. The van der Waals surface area contributed by atoms with E-state index in [1.54, 1.807) is 45.0 Å². The van der Waals surface area contributed by atoms with Crippen LogP contribution in [0.1, 0.15) is 29.8 Å². The van der Waals surface area contributed by atoms with Crippen molar-refractivity contribution in [1.29, 1.82) is 0 Å². The monoisotopic (exact) mass is 390 g/mol. The molecule has 1 amide bonds. The molecule has 0 radical (unpaired) electrons. The number of ether oxygens (including phenoxy) is 2. The number of hydrogen-bond acceptors (Lipinski definition) is 5. The minimum absolute atomic E-state index is 0.104. The Labute approximate surface area is 158 Å². The number of nitrogens with zero attached hydrogens (tertiary/aromatic N) is 1. The molecule has 8 heteroatoms. The molecule has 27 heavy (non-hydrogen) atoms. The van der Waals surface area contributed by atoms with Crippen LogP contribution in [0.2, 0.25) is 0 Å². The topological polar surface area (TPSA) is 84.9 Å². The molecular weight excluding hydrogens is 368 g/mol. The summed E-state index contributed by atoms with van der Waals surface area (Å²) in [5.74, 6) is 0.793. The van der Waals surface area contributed by atoms with E-state index < -0.39 is 10.0 Å². The van der Waals surface area contributed by atoms with Crippen LogP contribution in [-0.2, 0) is 10.0 Å². The third-order valence-electron chi connectivity index (χ3n) is 4.43. The highest BCUT2D eigenvalue weighted by Gasteiger charge is 2.23. The zero-order chi connectivity index (χ0) is 19.6. The minimum atomic E-state index is -3.64. The van der Waals surface area contributed by atoms with Crippen molar-refractivity contribution >= 4 is 21.6 Å². The van der Waals surface area contributed by atoms with Gasteiger partial charge in [-0.15, -0.1) is 0 Å². The van der Waals surface area contributed by atoms with E-state index in [0.29, 0.717) is 41.4 Å². The molecule has 2 aromatic carbocycles. The van der Waals surface area contributed by atoms with Crippen LogP contribution >= 0.6 is 0 Å². The van der Waals surface area contributed by atoms with Crippen LogP contribution in [0.15, 0.2) is 41.3 Å². The second-order valence-corrected chi connectivity index (χ2v) is 8.03. The van der Waals surface area contributed by atoms with Crippen LogP contribution in [0, 0.1) is 6.92 Å². The molecule has 3 rings (SSSR count). The lowest BCUT2D eigenvalue weighted by molar-refractivity contribution is 0.102. The van der Waals surface area contributed by atoms with E-state index in [0.717, 1.165) is 0 Å². The molecular formula is C19H22N2O5S. The molecule has 0 bridgehead atoms. The molecule has 0 saturated heterocycles. The first-order valence-electron chi connectivity index (χ1n) is 8.68. The maximum absolute atomic E-state index is 12.7. The summed E-state index contributed by atoms with van der Waals surface area (Å²) in [7, 11) is -3.64. The lowest BCUT2D eigenvalue weighted by Crippen LogP contribution is -2.30. The molecule has 0 aliphatic carbocycles. The van der Waals surface area contributed by atoms with Gasteiger partial charge in [0.15, 0.2) is 11.5 Å². The fraction of sp³-hybridized carbons (Fsp3) is 0.316. The van der Waals surface area contributed by atoms with E-state index in [2.05, 4.69) is 5.32 Å². The largest absolute Gasteiger partial charge is 0.454 e. The van der Waals surface area contributed by atoms with E-state index >= 15 is 0 Å². The van der Waals surface area contributed by atoms with Gasteiger partial charge in [0.2, 0.25) is 16.8 Å². The molecule has 1 aliphatic heterocycles. The molecule has 1 aliphatic rings. The van der Waals surface area contributed by atoms with Gasteiger partial charge in [-0.25, -0.2) is 8.42 Å². The fourth-order valence-electron chi connectivity index (χ4n) is 2.89. The number of anilines is 1. The van der Waals surface area contributed by atoms with E-state index in [-0.39, 0.29) is 17.6 Å². The molecule has 0 fully saturated rings.